The third-order valence-corrected chi connectivity index (χ3v) is 3.47. The first-order valence-corrected chi connectivity index (χ1v) is 7.50. The van der Waals surface area contributed by atoms with E-state index in [1.165, 1.54) is 0 Å². The molecule has 114 valence electrons. The Bertz CT molecular complexity index is 667. The van der Waals surface area contributed by atoms with Crippen LogP contribution >= 0.6 is 0 Å². The molecule has 0 fully saturated rings. The minimum atomic E-state index is -0.0674. The summed E-state index contributed by atoms with van der Waals surface area (Å²) < 4.78 is 0. The van der Waals surface area contributed by atoms with E-state index in [2.05, 4.69) is 16.3 Å². The highest BCUT2D eigenvalue weighted by atomic mass is 16.2. The van der Waals surface area contributed by atoms with Gasteiger partial charge < -0.3 is 4.90 Å². The number of aromatic nitrogens is 2. The summed E-state index contributed by atoms with van der Waals surface area (Å²) in [7, 11) is 0. The van der Waals surface area contributed by atoms with E-state index in [0.29, 0.717) is 24.3 Å². The van der Waals surface area contributed by atoms with E-state index in [4.69, 9.17) is 5.26 Å². The first-order valence-electron chi connectivity index (χ1n) is 7.50. The molecule has 0 bridgehead atoms. The lowest BCUT2D eigenvalue weighted by atomic mass is 10.1. The lowest BCUT2D eigenvalue weighted by molar-refractivity contribution is 0.0737. The van der Waals surface area contributed by atoms with E-state index in [1.807, 2.05) is 32.0 Å². The predicted octanol–water partition coefficient (Wildman–Crippen LogP) is 2.90. The van der Waals surface area contributed by atoms with Crippen LogP contribution < -0.4 is 0 Å². The molecule has 0 radical (unpaired) electrons. The van der Waals surface area contributed by atoms with Crippen molar-refractivity contribution in [1.29, 1.82) is 5.26 Å². The van der Waals surface area contributed by atoms with Crippen molar-refractivity contribution < 1.29 is 4.79 Å². The second-order valence-electron chi connectivity index (χ2n) is 5.17. The molecule has 2 aromatic rings. The van der Waals surface area contributed by atoms with Crippen LogP contribution in [-0.2, 0) is 13.0 Å². The standard InChI is InChI=1S/C17H20N4O/c1-3-9-21(12-14-7-5-13(11-18)6-8-14)17(22)16-10-15(4-2)19-20-16/h5-8,10H,3-4,9,12H2,1-2H3,(H,19,20). The van der Waals surface area contributed by atoms with Crippen LogP contribution in [0.1, 0.15) is 47.6 Å². The van der Waals surface area contributed by atoms with E-state index in [9.17, 15) is 4.79 Å². The number of amides is 1. The van der Waals surface area contributed by atoms with Crippen molar-refractivity contribution in [2.75, 3.05) is 6.54 Å². The first kappa shape index (κ1) is 15.8. The monoisotopic (exact) mass is 296 g/mol. The van der Waals surface area contributed by atoms with Crippen LogP contribution in [0.3, 0.4) is 0 Å². The van der Waals surface area contributed by atoms with Crippen LogP contribution in [0.2, 0.25) is 0 Å². The summed E-state index contributed by atoms with van der Waals surface area (Å²) in [4.78, 5) is 14.4. The van der Waals surface area contributed by atoms with E-state index < -0.39 is 0 Å². The summed E-state index contributed by atoms with van der Waals surface area (Å²) in [5.74, 6) is -0.0674. The number of nitriles is 1. The second-order valence-corrected chi connectivity index (χ2v) is 5.17. The summed E-state index contributed by atoms with van der Waals surface area (Å²) in [6, 6.07) is 11.2. The number of hydrogen-bond acceptors (Lipinski definition) is 3. The van der Waals surface area contributed by atoms with Gasteiger partial charge in [-0.1, -0.05) is 26.0 Å². The smallest absolute Gasteiger partial charge is 0.274 e. The minimum Gasteiger partial charge on any atom is -0.333 e. The molecule has 1 N–H and O–H groups in total. The van der Waals surface area contributed by atoms with Crippen LogP contribution in [0.15, 0.2) is 30.3 Å². The first-order chi connectivity index (χ1) is 10.7. The maximum atomic E-state index is 12.6. The summed E-state index contributed by atoms with van der Waals surface area (Å²) in [5, 5.41) is 15.8. The number of nitrogens with zero attached hydrogens (tertiary/aromatic N) is 3. The van der Waals surface area contributed by atoms with Crippen molar-refractivity contribution in [1.82, 2.24) is 15.1 Å². The highest BCUT2D eigenvalue weighted by Crippen LogP contribution is 2.11. The molecule has 0 aliphatic rings. The molecule has 1 aromatic carbocycles. The molecule has 0 unspecified atom stereocenters. The molecule has 5 heteroatoms. The Labute approximate surface area is 130 Å². The molecule has 1 aromatic heterocycles. The molecular weight excluding hydrogens is 276 g/mol. The lowest BCUT2D eigenvalue weighted by Crippen LogP contribution is -2.31. The highest BCUT2D eigenvalue weighted by Gasteiger charge is 2.18. The Morgan fingerprint density at radius 2 is 2.05 bits per heavy atom. The van der Waals surface area contributed by atoms with Crippen molar-refractivity contribution in [2.45, 2.75) is 33.2 Å². The van der Waals surface area contributed by atoms with Gasteiger partial charge in [0.05, 0.1) is 11.6 Å². The van der Waals surface area contributed by atoms with Gasteiger partial charge in [-0.2, -0.15) is 10.4 Å². The molecule has 0 spiro atoms. The average Bonchev–Trinajstić information content (AvgIpc) is 3.03. The Balaban J connectivity index is 2.14. The Kier molecular flexibility index (Phi) is 5.31. The number of rotatable bonds is 6. The maximum Gasteiger partial charge on any atom is 0.274 e. The van der Waals surface area contributed by atoms with Crippen molar-refractivity contribution in [2.24, 2.45) is 0 Å². The third-order valence-electron chi connectivity index (χ3n) is 3.47. The topological polar surface area (TPSA) is 72.8 Å². The molecule has 2 rings (SSSR count). The van der Waals surface area contributed by atoms with Gasteiger partial charge in [-0.3, -0.25) is 9.89 Å². The fourth-order valence-electron chi connectivity index (χ4n) is 2.24. The zero-order valence-electron chi connectivity index (χ0n) is 13.0. The van der Waals surface area contributed by atoms with Crippen molar-refractivity contribution >= 4 is 5.91 Å². The average molecular weight is 296 g/mol. The van der Waals surface area contributed by atoms with E-state index >= 15 is 0 Å². The second kappa shape index (κ2) is 7.41. The number of carbonyl (C=O) groups is 1. The Hall–Kier alpha value is -2.61. The van der Waals surface area contributed by atoms with E-state index in [0.717, 1.165) is 24.1 Å². The van der Waals surface area contributed by atoms with Gasteiger partial charge in [0.25, 0.3) is 5.91 Å². The molecular formula is C17H20N4O. The predicted molar refractivity (Wildman–Crippen MR) is 84.2 cm³/mol. The van der Waals surface area contributed by atoms with Gasteiger partial charge in [0.2, 0.25) is 0 Å². The molecule has 5 nitrogen and oxygen atoms in total. The summed E-state index contributed by atoms with van der Waals surface area (Å²) >= 11 is 0. The van der Waals surface area contributed by atoms with Crippen LogP contribution in [0, 0.1) is 11.3 Å². The van der Waals surface area contributed by atoms with Crippen LogP contribution in [0.4, 0.5) is 0 Å². The number of benzene rings is 1. The summed E-state index contributed by atoms with van der Waals surface area (Å²) in [6.45, 7) is 5.25. The zero-order chi connectivity index (χ0) is 15.9. The number of aryl methyl sites for hydroxylation is 1. The van der Waals surface area contributed by atoms with Crippen molar-refractivity contribution in [3.8, 4) is 6.07 Å². The third kappa shape index (κ3) is 3.73. The van der Waals surface area contributed by atoms with E-state index in [-0.39, 0.29) is 5.91 Å². The molecule has 0 saturated heterocycles. The number of aromatic amines is 1. The Morgan fingerprint density at radius 3 is 2.59 bits per heavy atom. The number of H-pyrrole nitrogens is 1. The van der Waals surface area contributed by atoms with Gasteiger partial charge >= 0.3 is 0 Å². The molecule has 1 heterocycles. The van der Waals surface area contributed by atoms with Crippen LogP contribution in [-0.4, -0.2) is 27.5 Å². The lowest BCUT2D eigenvalue weighted by Gasteiger charge is -2.21. The SMILES string of the molecule is CCCN(Cc1ccc(C#N)cc1)C(=O)c1cc(CC)[nH]n1. The molecule has 0 atom stereocenters. The summed E-state index contributed by atoms with van der Waals surface area (Å²) in [5.41, 5.74) is 3.04. The molecule has 0 aliphatic heterocycles. The largest absolute Gasteiger partial charge is 0.333 e. The van der Waals surface area contributed by atoms with Gasteiger partial charge in [0, 0.05) is 18.8 Å². The van der Waals surface area contributed by atoms with Gasteiger partial charge in [0.1, 0.15) is 5.69 Å². The van der Waals surface area contributed by atoms with E-state index in [1.54, 1.807) is 17.0 Å². The molecule has 0 aliphatic carbocycles. The quantitative estimate of drug-likeness (QED) is 0.890. The van der Waals surface area contributed by atoms with Gasteiger partial charge in [-0.25, -0.2) is 0 Å². The number of carbonyl (C=O) groups excluding carboxylic acids is 1. The normalized spacial score (nSPS) is 10.2. The molecule has 1 amide bonds. The van der Waals surface area contributed by atoms with Crippen LogP contribution in [0.5, 0.6) is 0 Å². The van der Waals surface area contributed by atoms with Gasteiger partial charge in [0.15, 0.2) is 0 Å². The molecule has 0 saturated carbocycles. The van der Waals surface area contributed by atoms with Crippen LogP contribution in [0.25, 0.3) is 0 Å². The molecule has 22 heavy (non-hydrogen) atoms. The number of nitrogens with one attached hydrogen (secondary N) is 1. The van der Waals surface area contributed by atoms with Crippen molar-refractivity contribution in [3.63, 3.8) is 0 Å². The Morgan fingerprint density at radius 1 is 1.32 bits per heavy atom. The maximum absolute atomic E-state index is 12.6. The minimum absolute atomic E-state index is 0.0674. The van der Waals surface area contributed by atoms with Gasteiger partial charge in [-0.15, -0.1) is 0 Å². The van der Waals surface area contributed by atoms with Crippen molar-refractivity contribution in [3.05, 3.63) is 52.8 Å². The fourth-order valence-corrected chi connectivity index (χ4v) is 2.24. The highest BCUT2D eigenvalue weighted by molar-refractivity contribution is 5.92. The fraction of sp³-hybridized carbons (Fsp3) is 0.353. The zero-order valence-corrected chi connectivity index (χ0v) is 13.0. The summed E-state index contributed by atoms with van der Waals surface area (Å²) in [6.07, 6.45) is 1.71. The number of hydrogen-bond donors (Lipinski definition) is 1. The van der Waals surface area contributed by atoms with Gasteiger partial charge in [-0.05, 0) is 36.6 Å².